The summed E-state index contributed by atoms with van der Waals surface area (Å²) in [6.45, 7) is -0.130. The Hall–Kier alpha value is -2.33. The number of benzene rings is 2. The number of carbonyl (C=O) groups is 1. The van der Waals surface area contributed by atoms with Crippen molar-refractivity contribution >= 4 is 5.91 Å². The number of para-hydroxylation sites is 2. The van der Waals surface area contributed by atoms with E-state index in [0.29, 0.717) is 22.6 Å². The third-order valence-electron chi connectivity index (χ3n) is 2.52. The minimum absolute atomic E-state index is 0.130. The predicted octanol–water partition coefficient (Wildman–Crippen LogP) is 2.07. The Kier molecular flexibility index (Phi) is 3.60. The number of hydrogen-bond donors (Lipinski definition) is 2. The van der Waals surface area contributed by atoms with E-state index in [9.17, 15) is 9.90 Å². The van der Waals surface area contributed by atoms with Crippen LogP contribution in [0, 0.1) is 0 Å². The Labute approximate surface area is 105 Å². The summed E-state index contributed by atoms with van der Waals surface area (Å²) >= 11 is 0. The molecule has 0 radical (unpaired) electrons. The monoisotopic (exact) mass is 243 g/mol. The number of nitrogens with two attached hydrogens (primary N) is 1. The fourth-order valence-electron chi connectivity index (χ4n) is 1.61. The number of rotatable bonds is 4. The average molecular weight is 243 g/mol. The third kappa shape index (κ3) is 2.49. The molecular weight excluding hydrogens is 230 g/mol. The van der Waals surface area contributed by atoms with E-state index < -0.39 is 5.91 Å². The van der Waals surface area contributed by atoms with Gasteiger partial charge in [-0.3, -0.25) is 4.79 Å². The van der Waals surface area contributed by atoms with Crippen molar-refractivity contribution in [3.63, 3.8) is 0 Å². The molecule has 2 aromatic carbocycles. The van der Waals surface area contributed by atoms with Crippen molar-refractivity contribution in [3.05, 3.63) is 59.7 Å². The summed E-state index contributed by atoms with van der Waals surface area (Å²) in [5.74, 6) is 0.340. The van der Waals surface area contributed by atoms with Crippen molar-refractivity contribution in [1.82, 2.24) is 0 Å². The number of aliphatic hydroxyl groups is 1. The van der Waals surface area contributed by atoms with E-state index in [0.717, 1.165) is 0 Å². The largest absolute Gasteiger partial charge is 0.456 e. The second kappa shape index (κ2) is 5.33. The molecule has 0 unspecified atom stereocenters. The standard InChI is InChI=1S/C14H13NO3/c15-14(17)11-6-2-4-8-13(11)18-12-7-3-1-5-10(12)9-16/h1-8,16H,9H2,(H2,15,17). The smallest absolute Gasteiger partial charge is 0.252 e. The molecule has 0 bridgehead atoms. The van der Waals surface area contributed by atoms with Crippen LogP contribution in [0.5, 0.6) is 11.5 Å². The van der Waals surface area contributed by atoms with Crippen LogP contribution in [0.4, 0.5) is 0 Å². The highest BCUT2D eigenvalue weighted by atomic mass is 16.5. The highest BCUT2D eigenvalue weighted by Crippen LogP contribution is 2.27. The maximum absolute atomic E-state index is 11.3. The van der Waals surface area contributed by atoms with E-state index in [4.69, 9.17) is 10.5 Å². The SMILES string of the molecule is NC(=O)c1ccccc1Oc1ccccc1CO. The number of aliphatic hydroxyl groups excluding tert-OH is 1. The topological polar surface area (TPSA) is 72.6 Å². The van der Waals surface area contributed by atoms with Gasteiger partial charge in [-0.05, 0) is 18.2 Å². The molecule has 92 valence electrons. The molecule has 0 aliphatic carbocycles. The molecule has 0 aliphatic rings. The van der Waals surface area contributed by atoms with Crippen molar-refractivity contribution in [2.24, 2.45) is 5.73 Å². The van der Waals surface area contributed by atoms with Crippen molar-refractivity contribution in [2.45, 2.75) is 6.61 Å². The van der Waals surface area contributed by atoms with E-state index in [2.05, 4.69) is 0 Å². The average Bonchev–Trinajstić information content (AvgIpc) is 2.40. The lowest BCUT2D eigenvalue weighted by molar-refractivity contribution is 0.0998. The zero-order chi connectivity index (χ0) is 13.0. The first kappa shape index (κ1) is 12.1. The first-order valence-corrected chi connectivity index (χ1v) is 5.48. The van der Waals surface area contributed by atoms with Gasteiger partial charge in [0.05, 0.1) is 12.2 Å². The lowest BCUT2D eigenvalue weighted by Gasteiger charge is -2.11. The molecule has 0 saturated heterocycles. The fourth-order valence-corrected chi connectivity index (χ4v) is 1.61. The molecule has 0 fully saturated rings. The zero-order valence-corrected chi connectivity index (χ0v) is 9.67. The molecule has 4 nitrogen and oxygen atoms in total. The van der Waals surface area contributed by atoms with Gasteiger partial charge in [0, 0.05) is 5.56 Å². The lowest BCUT2D eigenvalue weighted by Crippen LogP contribution is -2.12. The summed E-state index contributed by atoms with van der Waals surface area (Å²) in [7, 11) is 0. The summed E-state index contributed by atoms with van der Waals surface area (Å²) in [6, 6.07) is 13.8. The van der Waals surface area contributed by atoms with Crippen molar-refractivity contribution in [3.8, 4) is 11.5 Å². The number of hydrogen-bond acceptors (Lipinski definition) is 3. The summed E-state index contributed by atoms with van der Waals surface area (Å²) in [6.07, 6.45) is 0. The highest BCUT2D eigenvalue weighted by molar-refractivity contribution is 5.95. The Morgan fingerprint density at radius 1 is 1.06 bits per heavy atom. The van der Waals surface area contributed by atoms with E-state index in [-0.39, 0.29) is 6.61 Å². The normalized spacial score (nSPS) is 10.1. The molecule has 0 saturated carbocycles. The Morgan fingerprint density at radius 3 is 2.33 bits per heavy atom. The second-order valence-corrected chi connectivity index (χ2v) is 3.73. The molecule has 3 N–H and O–H groups in total. The second-order valence-electron chi connectivity index (χ2n) is 3.73. The minimum atomic E-state index is -0.549. The number of ether oxygens (including phenoxy) is 1. The molecule has 18 heavy (non-hydrogen) atoms. The molecule has 1 amide bonds. The fraction of sp³-hybridized carbons (Fsp3) is 0.0714. The van der Waals surface area contributed by atoms with Crippen LogP contribution < -0.4 is 10.5 Å². The van der Waals surface area contributed by atoms with Crippen LogP contribution in [0.1, 0.15) is 15.9 Å². The summed E-state index contributed by atoms with van der Waals surface area (Å²) in [4.78, 5) is 11.3. The molecule has 0 aliphatic heterocycles. The van der Waals surface area contributed by atoms with Gasteiger partial charge < -0.3 is 15.6 Å². The molecule has 2 rings (SSSR count). The van der Waals surface area contributed by atoms with Crippen molar-refractivity contribution in [2.75, 3.05) is 0 Å². The molecular formula is C14H13NO3. The van der Waals surface area contributed by atoms with Gasteiger partial charge in [-0.2, -0.15) is 0 Å². The van der Waals surface area contributed by atoms with Gasteiger partial charge in [0.15, 0.2) is 0 Å². The van der Waals surface area contributed by atoms with Crippen LogP contribution in [0.25, 0.3) is 0 Å². The molecule has 4 heteroatoms. The Bertz CT molecular complexity index is 566. The molecule has 0 atom stereocenters. The van der Waals surface area contributed by atoms with Crippen LogP contribution in [-0.2, 0) is 6.61 Å². The van der Waals surface area contributed by atoms with Gasteiger partial charge in [-0.15, -0.1) is 0 Å². The number of amides is 1. The molecule has 0 aromatic heterocycles. The van der Waals surface area contributed by atoms with Gasteiger partial charge in [-0.25, -0.2) is 0 Å². The first-order valence-electron chi connectivity index (χ1n) is 5.48. The summed E-state index contributed by atoms with van der Waals surface area (Å²) < 4.78 is 5.63. The van der Waals surface area contributed by atoms with Gasteiger partial charge in [0.25, 0.3) is 5.91 Å². The van der Waals surface area contributed by atoms with Gasteiger partial charge in [0.2, 0.25) is 0 Å². The molecule has 0 heterocycles. The van der Waals surface area contributed by atoms with Crippen molar-refractivity contribution in [1.29, 1.82) is 0 Å². The van der Waals surface area contributed by atoms with E-state index in [1.165, 1.54) is 0 Å². The maximum atomic E-state index is 11.3. The van der Waals surface area contributed by atoms with E-state index in [1.807, 2.05) is 0 Å². The van der Waals surface area contributed by atoms with Gasteiger partial charge in [-0.1, -0.05) is 30.3 Å². The van der Waals surface area contributed by atoms with E-state index >= 15 is 0 Å². The van der Waals surface area contributed by atoms with E-state index in [1.54, 1.807) is 48.5 Å². The Morgan fingerprint density at radius 2 is 1.67 bits per heavy atom. The maximum Gasteiger partial charge on any atom is 0.252 e. The zero-order valence-electron chi connectivity index (χ0n) is 9.67. The van der Waals surface area contributed by atoms with Gasteiger partial charge in [0.1, 0.15) is 11.5 Å². The van der Waals surface area contributed by atoms with Crippen LogP contribution >= 0.6 is 0 Å². The van der Waals surface area contributed by atoms with Crippen molar-refractivity contribution < 1.29 is 14.6 Å². The van der Waals surface area contributed by atoms with Crippen LogP contribution in [0.15, 0.2) is 48.5 Å². The quantitative estimate of drug-likeness (QED) is 0.863. The van der Waals surface area contributed by atoms with Crippen LogP contribution in [0.2, 0.25) is 0 Å². The number of primary amides is 1. The molecule has 2 aromatic rings. The highest BCUT2D eigenvalue weighted by Gasteiger charge is 2.10. The number of carbonyl (C=O) groups excluding carboxylic acids is 1. The third-order valence-corrected chi connectivity index (χ3v) is 2.52. The first-order chi connectivity index (χ1) is 8.72. The summed E-state index contributed by atoms with van der Waals surface area (Å²) in [5, 5.41) is 9.20. The Balaban J connectivity index is 2.37. The molecule has 0 spiro atoms. The lowest BCUT2D eigenvalue weighted by atomic mass is 10.2. The van der Waals surface area contributed by atoms with Crippen LogP contribution in [0.3, 0.4) is 0 Å². The predicted molar refractivity (Wildman–Crippen MR) is 67.4 cm³/mol. The van der Waals surface area contributed by atoms with Crippen LogP contribution in [-0.4, -0.2) is 11.0 Å². The minimum Gasteiger partial charge on any atom is -0.456 e. The summed E-state index contributed by atoms with van der Waals surface area (Å²) in [5.41, 5.74) is 6.23. The van der Waals surface area contributed by atoms with Gasteiger partial charge >= 0.3 is 0 Å².